The summed E-state index contributed by atoms with van der Waals surface area (Å²) in [6.07, 6.45) is 5.36. The fourth-order valence-corrected chi connectivity index (χ4v) is 9.24. The van der Waals surface area contributed by atoms with Gasteiger partial charge in [-0.2, -0.15) is 0 Å². The van der Waals surface area contributed by atoms with E-state index < -0.39 is 12.2 Å². The van der Waals surface area contributed by atoms with Crippen LogP contribution < -0.4 is 0 Å². The maximum Gasteiger partial charge on any atom is 0.302 e. The van der Waals surface area contributed by atoms with E-state index in [1.807, 2.05) is 0 Å². The van der Waals surface area contributed by atoms with Crippen molar-refractivity contribution in [3.05, 3.63) is 12.2 Å². The Morgan fingerprint density at radius 2 is 2.11 bits per heavy atom. The molecule has 1 heterocycles. The van der Waals surface area contributed by atoms with Crippen LogP contribution in [0.1, 0.15) is 46.0 Å². The van der Waals surface area contributed by atoms with Gasteiger partial charge in [0, 0.05) is 35.3 Å². The molecule has 1 aliphatic heterocycles. The normalized spacial score (nSPS) is 61.9. The second-order valence-electron chi connectivity index (χ2n) is 10.5. The van der Waals surface area contributed by atoms with Crippen molar-refractivity contribution in [1.82, 2.24) is 0 Å². The number of esters is 1. The molecule has 0 aromatic rings. The number of aliphatic imine (C=N–C) groups is 1. The minimum atomic E-state index is -0.572. The number of aliphatic hydroxyl groups excluding tert-OH is 2. The van der Waals surface area contributed by atoms with E-state index >= 15 is 0 Å². The van der Waals surface area contributed by atoms with E-state index in [9.17, 15) is 15.0 Å². The van der Waals surface area contributed by atoms with Crippen LogP contribution in [0.25, 0.3) is 0 Å². The van der Waals surface area contributed by atoms with Crippen molar-refractivity contribution in [2.45, 2.75) is 70.3 Å². The largest absolute Gasteiger partial charge is 0.462 e. The van der Waals surface area contributed by atoms with Crippen molar-refractivity contribution in [1.29, 1.82) is 0 Å². The van der Waals surface area contributed by atoms with Crippen LogP contribution >= 0.6 is 0 Å². The van der Waals surface area contributed by atoms with Gasteiger partial charge in [0.05, 0.1) is 18.2 Å². The molecule has 11 atom stereocenters. The zero-order valence-electron chi connectivity index (χ0n) is 16.1. The smallest absolute Gasteiger partial charge is 0.302 e. The summed E-state index contributed by atoms with van der Waals surface area (Å²) in [4.78, 5) is 17.1. The predicted molar refractivity (Wildman–Crippen MR) is 99.0 cm³/mol. The summed E-state index contributed by atoms with van der Waals surface area (Å²) in [6.45, 7) is 7.98. The van der Waals surface area contributed by atoms with Gasteiger partial charge >= 0.3 is 5.97 Å². The van der Waals surface area contributed by atoms with E-state index in [0.29, 0.717) is 18.3 Å². The first-order valence-electron chi connectivity index (χ1n) is 10.5. The molecule has 4 unspecified atom stereocenters. The van der Waals surface area contributed by atoms with Crippen LogP contribution in [0.2, 0.25) is 0 Å². The van der Waals surface area contributed by atoms with Gasteiger partial charge in [0.25, 0.3) is 0 Å². The molecule has 27 heavy (non-hydrogen) atoms. The lowest BCUT2D eigenvalue weighted by Crippen LogP contribution is -2.63. The quantitative estimate of drug-likeness (QED) is 0.547. The predicted octanol–water partition coefficient (Wildman–Crippen LogP) is 2.11. The summed E-state index contributed by atoms with van der Waals surface area (Å²) < 4.78 is 5.97. The zero-order valence-corrected chi connectivity index (χ0v) is 16.1. The van der Waals surface area contributed by atoms with Crippen LogP contribution in [0.15, 0.2) is 17.1 Å². The molecule has 0 saturated heterocycles. The third kappa shape index (κ3) is 1.53. The molecule has 5 saturated carbocycles. The Labute approximate surface area is 159 Å². The highest BCUT2D eigenvalue weighted by molar-refractivity contribution is 5.71. The summed E-state index contributed by atoms with van der Waals surface area (Å²) in [6, 6.07) is 0.0942. The Balaban J connectivity index is 1.58. The van der Waals surface area contributed by atoms with Gasteiger partial charge in [0.2, 0.25) is 0 Å². The van der Waals surface area contributed by atoms with E-state index in [1.165, 1.54) is 6.92 Å². The zero-order chi connectivity index (χ0) is 18.9. The molecule has 2 spiro atoms. The molecule has 0 aromatic heterocycles. The highest BCUT2D eigenvalue weighted by Crippen LogP contribution is 2.83. The van der Waals surface area contributed by atoms with E-state index in [4.69, 9.17) is 9.73 Å². The summed E-state index contributed by atoms with van der Waals surface area (Å²) in [5.41, 5.74) is 0.359. The van der Waals surface area contributed by atoms with Gasteiger partial charge in [-0.05, 0) is 55.4 Å². The SMILES string of the molecule is C=C1C2C[C@@]3(C4CC5[C@]6(C3C[C@H]2O)[C@@H](OC(C)=O)CC[C@@]5(C)C=N[C@@H]46)[C@@H]1O. The summed E-state index contributed by atoms with van der Waals surface area (Å²) in [7, 11) is 0. The molecular weight excluding hydrogens is 342 g/mol. The molecule has 0 radical (unpaired) electrons. The molecule has 6 aliphatic rings. The molecule has 5 heteroatoms. The van der Waals surface area contributed by atoms with Crippen molar-refractivity contribution in [2.75, 3.05) is 0 Å². The summed E-state index contributed by atoms with van der Waals surface area (Å²) in [5, 5.41) is 22.3. The van der Waals surface area contributed by atoms with E-state index in [0.717, 1.165) is 31.3 Å². The van der Waals surface area contributed by atoms with Crippen molar-refractivity contribution < 1.29 is 19.7 Å². The van der Waals surface area contributed by atoms with Gasteiger partial charge in [0.1, 0.15) is 6.10 Å². The average molecular weight is 371 g/mol. The molecule has 6 rings (SSSR count). The van der Waals surface area contributed by atoms with E-state index in [2.05, 4.69) is 19.7 Å². The topological polar surface area (TPSA) is 79.1 Å². The van der Waals surface area contributed by atoms with Gasteiger partial charge in [-0.1, -0.05) is 13.5 Å². The Hall–Kier alpha value is -1.20. The highest BCUT2D eigenvalue weighted by atomic mass is 16.5. The number of hydrogen-bond donors (Lipinski definition) is 2. The van der Waals surface area contributed by atoms with Gasteiger partial charge in [0.15, 0.2) is 0 Å². The maximum atomic E-state index is 12.0. The molecule has 2 N–H and O–H groups in total. The van der Waals surface area contributed by atoms with Gasteiger partial charge < -0.3 is 14.9 Å². The lowest BCUT2D eigenvalue weighted by atomic mass is 9.44. The third-order valence-corrected chi connectivity index (χ3v) is 9.92. The van der Waals surface area contributed by atoms with Crippen LogP contribution in [0.4, 0.5) is 0 Å². The van der Waals surface area contributed by atoms with Crippen LogP contribution in [-0.2, 0) is 9.53 Å². The monoisotopic (exact) mass is 371 g/mol. The number of nitrogens with zero attached hydrogens (tertiary/aromatic N) is 1. The number of fused-ring (bicyclic) bond motifs is 1. The maximum absolute atomic E-state index is 12.0. The first kappa shape index (κ1) is 16.7. The first-order valence-corrected chi connectivity index (χ1v) is 10.5. The first-order chi connectivity index (χ1) is 12.8. The van der Waals surface area contributed by atoms with Crippen LogP contribution in [0.5, 0.6) is 0 Å². The molecule has 5 nitrogen and oxygen atoms in total. The van der Waals surface area contributed by atoms with E-state index in [1.54, 1.807) is 0 Å². The number of carbonyl (C=O) groups excluding carboxylic acids is 1. The van der Waals surface area contributed by atoms with Crippen molar-refractivity contribution in [3.8, 4) is 0 Å². The van der Waals surface area contributed by atoms with Crippen molar-refractivity contribution in [2.24, 2.45) is 44.9 Å². The second kappa shape index (κ2) is 4.68. The third-order valence-electron chi connectivity index (χ3n) is 9.92. The lowest BCUT2D eigenvalue weighted by molar-refractivity contribution is -0.198. The van der Waals surface area contributed by atoms with Gasteiger partial charge in [-0.25, -0.2) is 0 Å². The highest BCUT2D eigenvalue weighted by Gasteiger charge is 2.84. The molecule has 5 aliphatic carbocycles. The summed E-state index contributed by atoms with van der Waals surface area (Å²) in [5.74, 6) is 0.621. The van der Waals surface area contributed by atoms with Crippen LogP contribution in [0, 0.1) is 39.9 Å². The van der Waals surface area contributed by atoms with Gasteiger partial charge in [-0.15, -0.1) is 0 Å². The minimum absolute atomic E-state index is 0.00187. The second-order valence-corrected chi connectivity index (χ2v) is 10.5. The van der Waals surface area contributed by atoms with Gasteiger partial charge in [-0.3, -0.25) is 9.79 Å². The average Bonchev–Trinajstić information content (AvgIpc) is 3.10. The fraction of sp³-hybridized carbons (Fsp3) is 0.818. The van der Waals surface area contributed by atoms with Crippen LogP contribution in [0.3, 0.4) is 0 Å². The molecule has 146 valence electrons. The van der Waals surface area contributed by atoms with E-state index in [-0.39, 0.29) is 46.2 Å². The van der Waals surface area contributed by atoms with Crippen molar-refractivity contribution >= 4 is 12.2 Å². The number of rotatable bonds is 1. The summed E-state index contributed by atoms with van der Waals surface area (Å²) >= 11 is 0. The standard InChI is InChI=1S/C22H29NO4/c1-10-12-8-21(19(10)26)13-6-15-20(3)5-4-17(27-11(2)24)22(15,18(13)23-9-20)16(21)7-14(12)25/h9,12-19,25-26H,1,4-8H2,2-3H3/t12?,13?,14-,15?,16?,17+,18+,19-,20+,21+,22+/m1/s1. The lowest BCUT2D eigenvalue weighted by Gasteiger charge is -2.62. The number of hydrogen-bond acceptors (Lipinski definition) is 5. The molecule has 7 bridgehead atoms. The molecular formula is C22H29NO4. The Bertz CT molecular complexity index is 793. The van der Waals surface area contributed by atoms with Crippen LogP contribution in [-0.4, -0.2) is 46.8 Å². The number of carbonyl (C=O) groups is 1. The molecule has 5 fully saturated rings. The van der Waals surface area contributed by atoms with Crippen molar-refractivity contribution in [3.63, 3.8) is 0 Å². The number of aliphatic hydroxyl groups is 2. The number of ether oxygens (including phenoxy) is 1. The molecule has 0 aromatic carbocycles. The minimum Gasteiger partial charge on any atom is -0.462 e. The Kier molecular flexibility index (Phi) is 2.90. The Morgan fingerprint density at radius 1 is 1.33 bits per heavy atom. The molecule has 0 amide bonds. The Morgan fingerprint density at radius 3 is 2.85 bits per heavy atom. The fourth-order valence-electron chi connectivity index (χ4n) is 9.24.